The number of guanidine groups is 1. The van der Waals surface area contributed by atoms with E-state index < -0.39 is 11.7 Å². The fraction of sp³-hybridized carbons (Fsp3) is 0.333. The number of thiazole rings is 1. The molecule has 2 heterocycles. The minimum atomic E-state index is -4.32. The molecule has 0 atom stereocenters. The van der Waals surface area contributed by atoms with Gasteiger partial charge in [-0.2, -0.15) is 13.2 Å². The second-order valence-electron chi connectivity index (χ2n) is 5.08. The molecule has 3 rings (SSSR count). The molecule has 0 fully saturated rings. The van der Waals surface area contributed by atoms with E-state index in [0.29, 0.717) is 17.1 Å². The highest BCUT2D eigenvalue weighted by atomic mass is 127. The molecule has 1 aliphatic heterocycles. The van der Waals surface area contributed by atoms with Gasteiger partial charge < -0.3 is 10.6 Å². The highest BCUT2D eigenvalue weighted by Crippen LogP contribution is 2.31. The molecule has 0 unspecified atom stereocenters. The molecule has 24 heavy (non-hydrogen) atoms. The highest BCUT2D eigenvalue weighted by Gasteiger charge is 2.30. The summed E-state index contributed by atoms with van der Waals surface area (Å²) in [6, 6.07) is 5.06. The summed E-state index contributed by atoms with van der Waals surface area (Å²) in [7, 11) is 0. The number of hydrogen-bond donors (Lipinski definition) is 2. The molecular formula is C15H16F3IN4S. The molecule has 130 valence electrons. The first-order chi connectivity index (χ1) is 11.0. The third-order valence-electron chi connectivity index (χ3n) is 3.35. The van der Waals surface area contributed by atoms with Gasteiger partial charge in [0.05, 0.1) is 17.8 Å². The first kappa shape index (κ1) is 19.0. The summed E-state index contributed by atoms with van der Waals surface area (Å²) in [6.07, 6.45) is -3.29. The van der Waals surface area contributed by atoms with Crippen LogP contribution in [0.5, 0.6) is 0 Å². The van der Waals surface area contributed by atoms with Crippen molar-refractivity contribution in [3.8, 4) is 10.6 Å². The fourth-order valence-corrected chi connectivity index (χ4v) is 2.97. The molecule has 0 radical (unpaired) electrons. The van der Waals surface area contributed by atoms with Crippen LogP contribution >= 0.6 is 35.3 Å². The molecule has 9 heteroatoms. The smallest absolute Gasteiger partial charge is 0.356 e. The largest absolute Gasteiger partial charge is 0.416 e. The number of halogens is 4. The number of rotatable bonds is 3. The molecule has 0 aliphatic carbocycles. The summed E-state index contributed by atoms with van der Waals surface area (Å²) >= 11 is 1.41. The van der Waals surface area contributed by atoms with E-state index in [2.05, 4.69) is 20.6 Å². The molecule has 0 bridgehead atoms. The topological polar surface area (TPSA) is 49.3 Å². The van der Waals surface area contributed by atoms with E-state index in [-0.39, 0.29) is 24.0 Å². The van der Waals surface area contributed by atoms with Crippen LogP contribution in [0.15, 0.2) is 34.6 Å². The van der Waals surface area contributed by atoms with Crippen molar-refractivity contribution in [1.29, 1.82) is 0 Å². The number of aliphatic imine (C=N–C) groups is 1. The minimum Gasteiger partial charge on any atom is -0.356 e. The third-order valence-corrected chi connectivity index (χ3v) is 4.29. The quantitative estimate of drug-likeness (QED) is 0.673. The Morgan fingerprint density at radius 1 is 1.21 bits per heavy atom. The van der Waals surface area contributed by atoms with Gasteiger partial charge in [-0.25, -0.2) is 4.98 Å². The lowest BCUT2D eigenvalue weighted by molar-refractivity contribution is -0.137. The lowest BCUT2D eigenvalue weighted by atomic mass is 10.1. The summed E-state index contributed by atoms with van der Waals surface area (Å²) in [4.78, 5) is 8.75. The summed E-state index contributed by atoms with van der Waals surface area (Å²) in [5, 5.41) is 8.92. The maximum absolute atomic E-state index is 12.6. The van der Waals surface area contributed by atoms with E-state index in [4.69, 9.17) is 0 Å². The van der Waals surface area contributed by atoms with Gasteiger partial charge >= 0.3 is 6.18 Å². The van der Waals surface area contributed by atoms with Crippen LogP contribution < -0.4 is 10.6 Å². The van der Waals surface area contributed by atoms with Crippen molar-refractivity contribution in [2.45, 2.75) is 19.1 Å². The molecule has 4 nitrogen and oxygen atoms in total. The van der Waals surface area contributed by atoms with Crippen LogP contribution in [-0.4, -0.2) is 24.0 Å². The second kappa shape index (κ2) is 8.15. The number of alkyl halides is 3. The summed E-state index contributed by atoms with van der Waals surface area (Å²) in [5.41, 5.74) is 0.864. The maximum atomic E-state index is 12.6. The van der Waals surface area contributed by atoms with Crippen LogP contribution in [-0.2, 0) is 12.7 Å². The zero-order valence-corrected chi connectivity index (χ0v) is 15.7. The molecule has 1 aromatic heterocycles. The number of nitrogens with one attached hydrogen (secondary N) is 2. The highest BCUT2D eigenvalue weighted by molar-refractivity contribution is 14.0. The predicted octanol–water partition coefficient (Wildman–Crippen LogP) is 3.89. The monoisotopic (exact) mass is 468 g/mol. The normalized spacial score (nSPS) is 14.4. The zero-order valence-electron chi connectivity index (χ0n) is 12.6. The van der Waals surface area contributed by atoms with Crippen molar-refractivity contribution < 1.29 is 13.2 Å². The van der Waals surface area contributed by atoms with E-state index in [1.165, 1.54) is 23.5 Å². The van der Waals surface area contributed by atoms with E-state index in [1.54, 1.807) is 0 Å². The van der Waals surface area contributed by atoms with Gasteiger partial charge in [-0.1, -0.05) is 12.1 Å². The van der Waals surface area contributed by atoms with Crippen molar-refractivity contribution in [1.82, 2.24) is 15.6 Å². The third kappa shape index (κ3) is 4.82. The number of nitrogens with zero attached hydrogens (tertiary/aromatic N) is 2. The second-order valence-corrected chi connectivity index (χ2v) is 5.94. The Kier molecular flexibility index (Phi) is 6.44. The Morgan fingerprint density at radius 3 is 2.58 bits per heavy atom. The summed E-state index contributed by atoms with van der Waals surface area (Å²) in [5.74, 6) is 0.764. The Morgan fingerprint density at radius 2 is 1.96 bits per heavy atom. The fourth-order valence-electron chi connectivity index (χ4n) is 2.15. The first-order valence-electron chi connectivity index (χ1n) is 7.16. The van der Waals surface area contributed by atoms with Crippen LogP contribution in [0.4, 0.5) is 13.2 Å². The molecule has 0 saturated heterocycles. The van der Waals surface area contributed by atoms with Gasteiger partial charge in [0.2, 0.25) is 0 Å². The van der Waals surface area contributed by atoms with Crippen LogP contribution in [0, 0.1) is 0 Å². The standard InChI is InChI=1S/C15H15F3N4S.HI/c16-15(17,18)11-4-2-10(3-5-11)13-22-12(9-23-13)8-21-14-19-6-1-7-20-14;/h2-5,9H,1,6-8H2,(H2,19,20,21);1H. The Hall–Kier alpha value is -1.36. The lowest BCUT2D eigenvalue weighted by Gasteiger charge is -2.15. The average Bonchev–Trinajstić information content (AvgIpc) is 3.02. The SMILES string of the molecule is FC(F)(F)c1ccc(-c2nc(CNC3=NCCCN3)cs2)cc1.I. The summed E-state index contributed by atoms with van der Waals surface area (Å²) < 4.78 is 37.7. The van der Waals surface area contributed by atoms with Gasteiger partial charge in [0.25, 0.3) is 0 Å². The Balaban J connectivity index is 0.00000208. The van der Waals surface area contributed by atoms with Gasteiger partial charge in [0.1, 0.15) is 5.01 Å². The van der Waals surface area contributed by atoms with Crippen molar-refractivity contribution in [2.75, 3.05) is 13.1 Å². The van der Waals surface area contributed by atoms with Crippen molar-refractivity contribution in [3.05, 3.63) is 40.9 Å². The van der Waals surface area contributed by atoms with Crippen molar-refractivity contribution >= 4 is 41.3 Å². The van der Waals surface area contributed by atoms with Gasteiger partial charge in [-0.15, -0.1) is 35.3 Å². The van der Waals surface area contributed by atoms with E-state index >= 15 is 0 Å². The summed E-state index contributed by atoms with van der Waals surface area (Å²) in [6.45, 7) is 2.24. The number of aromatic nitrogens is 1. The lowest BCUT2D eigenvalue weighted by Crippen LogP contribution is -2.40. The van der Waals surface area contributed by atoms with Gasteiger partial charge in [-0.05, 0) is 18.6 Å². The zero-order chi connectivity index (χ0) is 16.3. The average molecular weight is 468 g/mol. The molecule has 0 spiro atoms. The van der Waals surface area contributed by atoms with Crippen LogP contribution in [0.3, 0.4) is 0 Å². The number of benzene rings is 1. The molecule has 1 aliphatic rings. The molecule has 0 saturated carbocycles. The molecule has 1 aromatic carbocycles. The number of hydrogen-bond acceptors (Lipinski definition) is 5. The predicted molar refractivity (Wildman–Crippen MR) is 99.7 cm³/mol. The minimum absolute atomic E-state index is 0. The Labute approximate surface area is 158 Å². The van der Waals surface area contributed by atoms with Crippen LogP contribution in [0.25, 0.3) is 10.6 Å². The molecule has 2 aromatic rings. The molecular weight excluding hydrogens is 452 g/mol. The van der Waals surface area contributed by atoms with Crippen LogP contribution in [0.2, 0.25) is 0 Å². The van der Waals surface area contributed by atoms with E-state index in [1.807, 2.05) is 5.38 Å². The van der Waals surface area contributed by atoms with Crippen LogP contribution in [0.1, 0.15) is 17.7 Å². The maximum Gasteiger partial charge on any atom is 0.416 e. The Bertz CT molecular complexity index is 697. The van der Waals surface area contributed by atoms with E-state index in [9.17, 15) is 13.2 Å². The van der Waals surface area contributed by atoms with Gasteiger partial charge in [-0.3, -0.25) is 4.99 Å². The van der Waals surface area contributed by atoms with Gasteiger partial charge in [0.15, 0.2) is 5.96 Å². The molecule has 2 N–H and O–H groups in total. The van der Waals surface area contributed by atoms with Gasteiger partial charge in [0, 0.05) is 24.0 Å². The first-order valence-corrected chi connectivity index (χ1v) is 8.04. The van der Waals surface area contributed by atoms with Crippen molar-refractivity contribution in [3.63, 3.8) is 0 Å². The van der Waals surface area contributed by atoms with Crippen molar-refractivity contribution in [2.24, 2.45) is 4.99 Å². The molecule has 0 amide bonds. The van der Waals surface area contributed by atoms with E-state index in [0.717, 1.165) is 43.3 Å².